The van der Waals surface area contributed by atoms with Crippen molar-refractivity contribution in [2.45, 2.75) is 38.6 Å². The van der Waals surface area contributed by atoms with Gasteiger partial charge in [0.25, 0.3) is 0 Å². The molecule has 0 aliphatic carbocycles. The van der Waals surface area contributed by atoms with Gasteiger partial charge in [-0.1, -0.05) is 20.8 Å². The number of rotatable bonds is 5. The molecule has 4 heteroatoms. The molecule has 84 valence electrons. The third kappa shape index (κ3) is 4.98. The van der Waals surface area contributed by atoms with E-state index in [-0.39, 0.29) is 0 Å². The van der Waals surface area contributed by atoms with Gasteiger partial charge in [-0.3, -0.25) is 0 Å². The zero-order valence-corrected chi connectivity index (χ0v) is 11.9. The number of hydrogen-bond acceptors (Lipinski definition) is 3. The molecule has 0 fully saturated rings. The highest BCUT2D eigenvalue weighted by Gasteiger charge is 2.02. The molecule has 0 atom stereocenters. The minimum Gasteiger partial charge on any atom is -0.227 e. The van der Waals surface area contributed by atoms with E-state index in [0.717, 1.165) is 33.5 Å². The largest absolute Gasteiger partial charge is 0.227 e. The van der Waals surface area contributed by atoms with Gasteiger partial charge in [-0.25, -0.2) is 9.97 Å². The molecule has 0 unspecified atom stereocenters. The monoisotopic (exact) mass is 288 g/mol. The summed E-state index contributed by atoms with van der Waals surface area (Å²) < 4.78 is 0.890. The van der Waals surface area contributed by atoms with E-state index < -0.39 is 0 Å². The van der Waals surface area contributed by atoms with Crippen LogP contribution in [0.25, 0.3) is 0 Å². The molecule has 15 heavy (non-hydrogen) atoms. The van der Waals surface area contributed by atoms with Crippen molar-refractivity contribution in [3.63, 3.8) is 0 Å². The van der Waals surface area contributed by atoms with Crippen LogP contribution in [-0.2, 0) is 6.42 Å². The summed E-state index contributed by atoms with van der Waals surface area (Å²) in [7, 11) is 0. The lowest BCUT2D eigenvalue weighted by Gasteiger charge is -2.05. The van der Waals surface area contributed by atoms with Gasteiger partial charge in [0.2, 0.25) is 0 Å². The summed E-state index contributed by atoms with van der Waals surface area (Å²) in [5.41, 5.74) is 0. The average molecular weight is 289 g/mol. The van der Waals surface area contributed by atoms with Gasteiger partial charge < -0.3 is 0 Å². The Morgan fingerprint density at radius 2 is 2.13 bits per heavy atom. The molecule has 0 aromatic carbocycles. The first-order valence-corrected chi connectivity index (χ1v) is 7.06. The summed E-state index contributed by atoms with van der Waals surface area (Å²) in [6.07, 6.45) is 2.12. The van der Waals surface area contributed by atoms with Crippen molar-refractivity contribution >= 4 is 27.7 Å². The molecule has 1 aromatic heterocycles. The van der Waals surface area contributed by atoms with Crippen molar-refractivity contribution in [3.05, 3.63) is 16.5 Å². The fraction of sp³-hybridized carbons (Fsp3) is 0.636. The Bertz CT molecular complexity index is 315. The molecule has 0 saturated carbocycles. The van der Waals surface area contributed by atoms with E-state index in [4.69, 9.17) is 0 Å². The summed E-state index contributed by atoms with van der Waals surface area (Å²) in [5, 5.41) is 1.08. The Balaban J connectivity index is 2.56. The number of aromatic nitrogens is 2. The third-order valence-electron chi connectivity index (χ3n) is 1.98. The van der Waals surface area contributed by atoms with Crippen molar-refractivity contribution in [3.8, 4) is 0 Å². The molecular formula is C11H17BrN2S. The Morgan fingerprint density at radius 3 is 2.73 bits per heavy atom. The summed E-state index contributed by atoms with van der Waals surface area (Å²) in [6, 6.07) is 1.99. The van der Waals surface area contributed by atoms with Crippen LogP contribution >= 0.6 is 27.7 Å². The molecule has 2 nitrogen and oxygen atoms in total. The van der Waals surface area contributed by atoms with Crippen molar-refractivity contribution in [2.75, 3.05) is 5.75 Å². The minimum absolute atomic E-state index is 0.758. The second-order valence-electron chi connectivity index (χ2n) is 3.83. The number of aryl methyl sites for hydroxylation is 1. The summed E-state index contributed by atoms with van der Waals surface area (Å²) >= 11 is 5.22. The van der Waals surface area contributed by atoms with E-state index in [1.165, 1.54) is 6.42 Å². The SMILES string of the molecule is CCc1nc(Br)cc(SCCC(C)C)n1. The van der Waals surface area contributed by atoms with E-state index in [1.807, 2.05) is 17.8 Å². The molecular weight excluding hydrogens is 272 g/mol. The van der Waals surface area contributed by atoms with Crippen molar-refractivity contribution in [1.82, 2.24) is 9.97 Å². The van der Waals surface area contributed by atoms with Crippen LogP contribution in [0.15, 0.2) is 15.7 Å². The van der Waals surface area contributed by atoms with Crippen LogP contribution in [0.1, 0.15) is 33.0 Å². The first-order valence-electron chi connectivity index (χ1n) is 5.28. The van der Waals surface area contributed by atoms with E-state index in [2.05, 4.69) is 46.7 Å². The Labute approximate surface area is 104 Å². The standard InChI is InChI=1S/C11H17BrN2S/c1-4-10-13-9(12)7-11(14-10)15-6-5-8(2)3/h7-8H,4-6H2,1-3H3. The van der Waals surface area contributed by atoms with Gasteiger partial charge in [0.15, 0.2) is 0 Å². The molecule has 1 aromatic rings. The van der Waals surface area contributed by atoms with Gasteiger partial charge in [0.05, 0.1) is 0 Å². The predicted molar refractivity (Wildman–Crippen MR) is 69.3 cm³/mol. The van der Waals surface area contributed by atoms with Gasteiger partial charge >= 0.3 is 0 Å². The molecule has 1 rings (SSSR count). The molecule has 0 aliphatic rings. The van der Waals surface area contributed by atoms with Crippen LogP contribution in [0.5, 0.6) is 0 Å². The Hall–Kier alpha value is -0.0900. The number of thioether (sulfide) groups is 1. The smallest absolute Gasteiger partial charge is 0.130 e. The fourth-order valence-corrected chi connectivity index (χ4v) is 2.81. The lowest BCUT2D eigenvalue weighted by atomic mass is 10.2. The number of halogens is 1. The molecule has 0 amide bonds. The lowest BCUT2D eigenvalue weighted by molar-refractivity contribution is 0.632. The highest BCUT2D eigenvalue weighted by molar-refractivity contribution is 9.10. The molecule has 1 heterocycles. The average Bonchev–Trinajstić information content (AvgIpc) is 2.16. The summed E-state index contributed by atoms with van der Waals surface area (Å²) in [5.74, 6) is 2.80. The summed E-state index contributed by atoms with van der Waals surface area (Å²) in [4.78, 5) is 8.76. The van der Waals surface area contributed by atoms with Crippen LogP contribution in [-0.4, -0.2) is 15.7 Å². The van der Waals surface area contributed by atoms with E-state index in [9.17, 15) is 0 Å². The van der Waals surface area contributed by atoms with Gasteiger partial charge in [-0.15, -0.1) is 11.8 Å². The maximum absolute atomic E-state index is 4.47. The Morgan fingerprint density at radius 1 is 1.40 bits per heavy atom. The highest BCUT2D eigenvalue weighted by Crippen LogP contribution is 2.21. The maximum Gasteiger partial charge on any atom is 0.130 e. The second-order valence-corrected chi connectivity index (χ2v) is 5.76. The van der Waals surface area contributed by atoms with Crippen LogP contribution in [0.4, 0.5) is 0 Å². The topological polar surface area (TPSA) is 25.8 Å². The van der Waals surface area contributed by atoms with E-state index in [1.54, 1.807) is 0 Å². The molecule has 0 saturated heterocycles. The van der Waals surface area contributed by atoms with Gasteiger partial charge in [0, 0.05) is 12.5 Å². The lowest BCUT2D eigenvalue weighted by Crippen LogP contribution is -1.96. The van der Waals surface area contributed by atoms with E-state index in [0.29, 0.717) is 0 Å². The number of hydrogen-bond donors (Lipinski definition) is 0. The maximum atomic E-state index is 4.47. The van der Waals surface area contributed by atoms with Gasteiger partial charge in [-0.05, 0) is 34.0 Å². The van der Waals surface area contributed by atoms with E-state index >= 15 is 0 Å². The fourth-order valence-electron chi connectivity index (χ4n) is 1.07. The number of nitrogens with zero attached hydrogens (tertiary/aromatic N) is 2. The molecule has 0 bridgehead atoms. The first kappa shape index (κ1) is 13.0. The van der Waals surface area contributed by atoms with Gasteiger partial charge in [-0.2, -0.15) is 0 Å². The zero-order valence-electron chi connectivity index (χ0n) is 9.46. The molecule has 0 spiro atoms. The first-order chi connectivity index (χ1) is 7.11. The van der Waals surface area contributed by atoms with Crippen molar-refractivity contribution < 1.29 is 0 Å². The normalized spacial score (nSPS) is 11.0. The quantitative estimate of drug-likeness (QED) is 0.606. The summed E-state index contributed by atoms with van der Waals surface area (Å²) in [6.45, 7) is 6.56. The zero-order chi connectivity index (χ0) is 11.3. The third-order valence-corrected chi connectivity index (χ3v) is 3.33. The molecule has 0 N–H and O–H groups in total. The minimum atomic E-state index is 0.758. The van der Waals surface area contributed by atoms with Crippen LogP contribution in [0.3, 0.4) is 0 Å². The van der Waals surface area contributed by atoms with Crippen LogP contribution < -0.4 is 0 Å². The Kier molecular flexibility index (Phi) is 5.61. The van der Waals surface area contributed by atoms with Crippen LogP contribution in [0, 0.1) is 5.92 Å². The molecule has 0 aliphatic heterocycles. The van der Waals surface area contributed by atoms with Gasteiger partial charge in [0.1, 0.15) is 15.5 Å². The predicted octanol–water partition coefficient (Wildman–Crippen LogP) is 3.94. The van der Waals surface area contributed by atoms with Crippen molar-refractivity contribution in [2.24, 2.45) is 5.92 Å². The van der Waals surface area contributed by atoms with Crippen LogP contribution in [0.2, 0.25) is 0 Å². The molecule has 0 radical (unpaired) electrons. The van der Waals surface area contributed by atoms with Crippen molar-refractivity contribution in [1.29, 1.82) is 0 Å². The second kappa shape index (κ2) is 6.48. The highest BCUT2D eigenvalue weighted by atomic mass is 79.9.